The Kier molecular flexibility index (Phi) is 5.67. The fraction of sp³-hybridized carbons (Fsp3) is 0.632. The number of nitrogens with one attached hydrogen (secondary N) is 1. The molecule has 2 aliphatic rings. The molecular weight excluding hydrogens is 329 g/mol. The molecule has 3 rings (SSSR count). The van der Waals surface area contributed by atoms with E-state index in [1.807, 2.05) is 0 Å². The Morgan fingerprint density at radius 2 is 1.76 bits per heavy atom. The molecule has 0 spiro atoms. The Bertz CT molecular complexity index is 579. The molecule has 0 bridgehead atoms. The van der Waals surface area contributed by atoms with E-state index in [0.29, 0.717) is 19.0 Å². The fourth-order valence-corrected chi connectivity index (χ4v) is 3.85. The minimum absolute atomic E-state index is 0.0179. The maximum atomic E-state index is 12.5. The number of rotatable bonds is 5. The van der Waals surface area contributed by atoms with Crippen molar-refractivity contribution in [3.63, 3.8) is 0 Å². The van der Waals surface area contributed by atoms with Gasteiger partial charge < -0.3 is 5.32 Å². The third kappa shape index (κ3) is 4.54. The van der Waals surface area contributed by atoms with E-state index in [-0.39, 0.29) is 11.9 Å². The maximum Gasteiger partial charge on any atom is 0.416 e. The van der Waals surface area contributed by atoms with Crippen molar-refractivity contribution >= 4 is 5.91 Å². The highest BCUT2D eigenvalue weighted by molar-refractivity contribution is 5.82. The molecule has 1 aromatic rings. The number of carbonyl (C=O) groups is 1. The minimum Gasteiger partial charge on any atom is -0.354 e. The number of benzene rings is 1. The lowest BCUT2D eigenvalue weighted by molar-refractivity contribution is -0.137. The highest BCUT2D eigenvalue weighted by atomic mass is 19.4. The summed E-state index contributed by atoms with van der Waals surface area (Å²) >= 11 is 0. The molecular formula is C19H25F3N2O. The van der Waals surface area contributed by atoms with Gasteiger partial charge >= 0.3 is 6.18 Å². The number of nitrogens with zero attached hydrogens (tertiary/aromatic N) is 1. The topological polar surface area (TPSA) is 32.3 Å². The van der Waals surface area contributed by atoms with Crippen LogP contribution in [0.15, 0.2) is 24.3 Å². The van der Waals surface area contributed by atoms with Crippen LogP contribution in [0.25, 0.3) is 0 Å². The van der Waals surface area contributed by atoms with Crippen molar-refractivity contribution in [3.05, 3.63) is 35.4 Å². The molecule has 1 heterocycles. The van der Waals surface area contributed by atoms with Gasteiger partial charge in [0.2, 0.25) is 5.91 Å². The first-order valence-electron chi connectivity index (χ1n) is 9.15. The predicted octanol–water partition coefficient (Wildman–Crippen LogP) is 3.77. The molecule has 1 N–H and O–H groups in total. The molecule has 0 radical (unpaired) electrons. The van der Waals surface area contributed by atoms with Gasteiger partial charge in [-0.3, -0.25) is 9.69 Å². The molecule has 1 aliphatic heterocycles. The Morgan fingerprint density at radius 3 is 2.32 bits per heavy atom. The van der Waals surface area contributed by atoms with Crippen LogP contribution in [0.3, 0.4) is 0 Å². The van der Waals surface area contributed by atoms with Crippen molar-refractivity contribution in [3.8, 4) is 0 Å². The monoisotopic (exact) mass is 354 g/mol. The van der Waals surface area contributed by atoms with E-state index in [2.05, 4.69) is 10.2 Å². The van der Waals surface area contributed by atoms with E-state index in [4.69, 9.17) is 0 Å². The molecule has 2 fully saturated rings. The molecule has 1 aliphatic carbocycles. The van der Waals surface area contributed by atoms with E-state index < -0.39 is 11.7 Å². The highest BCUT2D eigenvalue weighted by Crippen LogP contribution is 2.30. The maximum absolute atomic E-state index is 12.5. The number of hydrogen-bond acceptors (Lipinski definition) is 2. The van der Waals surface area contributed by atoms with Gasteiger partial charge in [0.25, 0.3) is 0 Å². The van der Waals surface area contributed by atoms with Crippen LogP contribution >= 0.6 is 0 Å². The lowest BCUT2D eigenvalue weighted by Gasteiger charge is -2.46. The van der Waals surface area contributed by atoms with Gasteiger partial charge in [-0.05, 0) is 43.4 Å². The van der Waals surface area contributed by atoms with E-state index >= 15 is 0 Å². The van der Waals surface area contributed by atoms with Crippen molar-refractivity contribution in [2.45, 2.75) is 63.2 Å². The average molecular weight is 354 g/mol. The molecule has 1 aromatic carbocycles. The summed E-state index contributed by atoms with van der Waals surface area (Å²) in [5.74, 6) is 0.0590. The van der Waals surface area contributed by atoms with Gasteiger partial charge in [0.15, 0.2) is 0 Å². The minimum atomic E-state index is -4.31. The van der Waals surface area contributed by atoms with Gasteiger partial charge in [-0.2, -0.15) is 13.2 Å². The summed E-state index contributed by atoms with van der Waals surface area (Å²) < 4.78 is 37.6. The van der Waals surface area contributed by atoms with Crippen molar-refractivity contribution in [1.82, 2.24) is 10.2 Å². The van der Waals surface area contributed by atoms with E-state index in [9.17, 15) is 18.0 Å². The Labute approximate surface area is 146 Å². The van der Waals surface area contributed by atoms with Crippen LogP contribution < -0.4 is 5.32 Å². The molecule has 0 unspecified atom stereocenters. The van der Waals surface area contributed by atoms with Crippen LogP contribution in [-0.2, 0) is 17.4 Å². The lowest BCUT2D eigenvalue weighted by Crippen LogP contribution is -2.60. The smallest absolute Gasteiger partial charge is 0.354 e. The molecule has 6 heteroatoms. The van der Waals surface area contributed by atoms with Crippen LogP contribution in [-0.4, -0.2) is 36.0 Å². The van der Waals surface area contributed by atoms with Crippen molar-refractivity contribution in [2.75, 3.05) is 13.1 Å². The van der Waals surface area contributed by atoms with Gasteiger partial charge in [-0.1, -0.05) is 31.4 Å². The number of alkyl halides is 3. The number of hydrogen-bond donors (Lipinski definition) is 1. The molecule has 138 valence electrons. The largest absolute Gasteiger partial charge is 0.416 e. The molecule has 0 aromatic heterocycles. The molecule has 1 saturated heterocycles. The first-order valence-corrected chi connectivity index (χ1v) is 9.15. The zero-order valence-corrected chi connectivity index (χ0v) is 14.3. The van der Waals surface area contributed by atoms with Crippen LogP contribution in [0.2, 0.25) is 0 Å². The summed E-state index contributed by atoms with van der Waals surface area (Å²) in [6, 6.07) is 5.67. The van der Waals surface area contributed by atoms with Crippen LogP contribution in [0.4, 0.5) is 13.2 Å². The van der Waals surface area contributed by atoms with Crippen molar-refractivity contribution in [1.29, 1.82) is 0 Å². The van der Waals surface area contributed by atoms with Crippen LogP contribution in [0.5, 0.6) is 0 Å². The number of likely N-dealkylation sites (tertiary alicyclic amines) is 1. The summed E-state index contributed by atoms with van der Waals surface area (Å²) in [5.41, 5.74) is 0.156. The van der Waals surface area contributed by atoms with Crippen LogP contribution in [0, 0.1) is 0 Å². The normalized spacial score (nSPS) is 22.4. The first kappa shape index (κ1) is 18.2. The fourth-order valence-electron chi connectivity index (χ4n) is 3.85. The second-order valence-electron chi connectivity index (χ2n) is 7.07. The summed E-state index contributed by atoms with van der Waals surface area (Å²) in [6.45, 7) is 1.46. The Hall–Kier alpha value is -1.56. The second kappa shape index (κ2) is 7.77. The molecule has 25 heavy (non-hydrogen) atoms. The van der Waals surface area contributed by atoms with Gasteiger partial charge in [0, 0.05) is 19.1 Å². The van der Waals surface area contributed by atoms with Gasteiger partial charge in [0.05, 0.1) is 11.6 Å². The molecule has 3 nitrogen and oxygen atoms in total. The van der Waals surface area contributed by atoms with Crippen molar-refractivity contribution < 1.29 is 18.0 Å². The average Bonchev–Trinajstić information content (AvgIpc) is 2.54. The van der Waals surface area contributed by atoms with E-state index in [0.717, 1.165) is 30.7 Å². The lowest BCUT2D eigenvalue weighted by atomic mass is 9.89. The quantitative estimate of drug-likeness (QED) is 0.873. The van der Waals surface area contributed by atoms with Gasteiger partial charge in [0.1, 0.15) is 0 Å². The SMILES string of the molecule is O=C(NCCc1ccc(C(F)(F)F)cc1)[C@@H]1CCN1C1CCCCC1. The third-order valence-corrected chi connectivity index (χ3v) is 5.40. The Balaban J connectivity index is 1.43. The third-order valence-electron chi connectivity index (χ3n) is 5.40. The summed E-state index contributed by atoms with van der Waals surface area (Å²) in [4.78, 5) is 14.7. The predicted molar refractivity (Wildman–Crippen MR) is 90.1 cm³/mol. The van der Waals surface area contributed by atoms with E-state index in [1.54, 1.807) is 0 Å². The summed E-state index contributed by atoms with van der Waals surface area (Å²) in [6.07, 6.45) is 3.33. The number of carbonyl (C=O) groups excluding carboxylic acids is 1. The summed E-state index contributed by atoms with van der Waals surface area (Å²) in [7, 11) is 0. The molecule has 1 atom stereocenters. The molecule has 1 amide bonds. The number of halogens is 3. The summed E-state index contributed by atoms with van der Waals surface area (Å²) in [5, 5.41) is 2.94. The first-order chi connectivity index (χ1) is 11.9. The van der Waals surface area contributed by atoms with Crippen LogP contribution in [0.1, 0.15) is 49.7 Å². The standard InChI is InChI=1S/C19H25F3N2O/c20-19(21,22)15-8-6-14(7-9-15)10-12-23-18(25)17-11-13-24(17)16-4-2-1-3-5-16/h6-9,16-17H,1-5,10-13H2,(H,23,25)/t17-/m0/s1. The molecule has 1 saturated carbocycles. The highest BCUT2D eigenvalue weighted by Gasteiger charge is 2.38. The van der Waals surface area contributed by atoms with E-state index in [1.165, 1.54) is 44.2 Å². The number of amides is 1. The van der Waals surface area contributed by atoms with Crippen molar-refractivity contribution in [2.24, 2.45) is 0 Å². The van der Waals surface area contributed by atoms with Gasteiger partial charge in [-0.15, -0.1) is 0 Å². The second-order valence-corrected chi connectivity index (χ2v) is 7.07. The zero-order chi connectivity index (χ0) is 17.9. The van der Waals surface area contributed by atoms with Gasteiger partial charge in [-0.25, -0.2) is 0 Å². The zero-order valence-electron chi connectivity index (χ0n) is 14.3. The Morgan fingerprint density at radius 1 is 1.08 bits per heavy atom.